The van der Waals surface area contributed by atoms with Gasteiger partial charge < -0.3 is 11.1 Å². The summed E-state index contributed by atoms with van der Waals surface area (Å²) < 4.78 is 0. The smallest absolute Gasteiger partial charge is 0.321 e. The van der Waals surface area contributed by atoms with Gasteiger partial charge in [-0.1, -0.05) is 6.07 Å². The van der Waals surface area contributed by atoms with E-state index in [1.54, 1.807) is 11.3 Å². The zero-order chi connectivity index (χ0) is 9.68. The molecule has 1 aromatic heterocycles. The minimum absolute atomic E-state index is 0.0244. The number of thiocarbonyl (C=S) groups is 1. The molecule has 6 heteroatoms. The number of carbonyl (C=O) groups is 1. The van der Waals surface area contributed by atoms with Gasteiger partial charge >= 0.3 is 6.03 Å². The highest BCUT2D eigenvalue weighted by atomic mass is 32.1. The van der Waals surface area contributed by atoms with Crippen molar-refractivity contribution >= 4 is 34.7 Å². The van der Waals surface area contributed by atoms with Gasteiger partial charge in [-0.25, -0.2) is 4.79 Å². The molecular formula is C7H9N3OS2. The van der Waals surface area contributed by atoms with Gasteiger partial charge in [0.25, 0.3) is 0 Å². The summed E-state index contributed by atoms with van der Waals surface area (Å²) >= 11 is 6.07. The molecule has 13 heavy (non-hydrogen) atoms. The number of carbonyl (C=O) groups excluding carboxylic acids is 1. The van der Waals surface area contributed by atoms with Crippen LogP contribution in [0.4, 0.5) is 4.79 Å². The molecule has 1 heterocycles. The molecule has 0 saturated heterocycles. The largest absolute Gasteiger partial charge is 0.376 e. The van der Waals surface area contributed by atoms with Gasteiger partial charge in [-0.2, -0.15) is 0 Å². The Hall–Kier alpha value is -1.14. The Bertz CT molecular complexity index is 297. The molecule has 4 N–H and O–H groups in total. The molecule has 4 nitrogen and oxygen atoms in total. The van der Waals surface area contributed by atoms with Crippen molar-refractivity contribution < 1.29 is 4.79 Å². The number of thiophene rings is 1. The van der Waals surface area contributed by atoms with E-state index in [4.69, 9.17) is 5.73 Å². The lowest BCUT2D eigenvalue weighted by molar-refractivity contribution is 0.245. The van der Waals surface area contributed by atoms with Crippen LogP contribution in [-0.4, -0.2) is 11.1 Å². The average Bonchev–Trinajstić information content (AvgIpc) is 2.51. The molecule has 0 radical (unpaired) electrons. The van der Waals surface area contributed by atoms with Crippen LogP contribution in [0.1, 0.15) is 4.88 Å². The summed E-state index contributed by atoms with van der Waals surface area (Å²) in [4.78, 5) is 12.0. The normalized spacial score (nSPS) is 9.23. The predicted molar refractivity (Wildman–Crippen MR) is 56.5 cm³/mol. The molecule has 0 unspecified atom stereocenters. The standard InChI is InChI=1S/C7H9N3OS2/c8-6(12)10-7(11)9-4-5-2-1-3-13-5/h1-3H,4H2,(H4,8,9,10,11,12). The van der Waals surface area contributed by atoms with Crippen LogP contribution in [0.5, 0.6) is 0 Å². The maximum atomic E-state index is 11.0. The molecule has 0 bridgehead atoms. The average molecular weight is 215 g/mol. The molecule has 1 rings (SSSR count). The van der Waals surface area contributed by atoms with Gasteiger partial charge in [-0.3, -0.25) is 5.32 Å². The summed E-state index contributed by atoms with van der Waals surface area (Å²) in [5.74, 6) is 0. The Kier molecular flexibility index (Phi) is 3.66. The molecule has 70 valence electrons. The molecule has 1 aromatic rings. The van der Waals surface area contributed by atoms with E-state index in [0.717, 1.165) is 4.88 Å². The lowest BCUT2D eigenvalue weighted by Crippen LogP contribution is -2.41. The quantitative estimate of drug-likeness (QED) is 0.639. The Labute approximate surface area is 85.1 Å². The maximum Gasteiger partial charge on any atom is 0.321 e. The number of urea groups is 1. The molecule has 0 saturated carbocycles. The molecular weight excluding hydrogens is 206 g/mol. The zero-order valence-electron chi connectivity index (χ0n) is 6.74. The first-order chi connectivity index (χ1) is 6.18. The zero-order valence-corrected chi connectivity index (χ0v) is 8.37. The Morgan fingerprint density at radius 1 is 1.69 bits per heavy atom. The van der Waals surface area contributed by atoms with Gasteiger partial charge in [0.2, 0.25) is 0 Å². The van der Waals surface area contributed by atoms with Gasteiger partial charge in [0, 0.05) is 4.88 Å². The summed E-state index contributed by atoms with van der Waals surface area (Å²) in [7, 11) is 0. The van der Waals surface area contributed by atoms with Gasteiger partial charge in [0.05, 0.1) is 6.54 Å². The number of rotatable bonds is 2. The van der Waals surface area contributed by atoms with Crippen LogP contribution in [0, 0.1) is 0 Å². The monoisotopic (exact) mass is 215 g/mol. The van der Waals surface area contributed by atoms with Crippen LogP contribution in [0.3, 0.4) is 0 Å². The van der Waals surface area contributed by atoms with E-state index in [2.05, 4.69) is 22.9 Å². The van der Waals surface area contributed by atoms with Crippen LogP contribution in [0.2, 0.25) is 0 Å². The van der Waals surface area contributed by atoms with Crippen molar-refractivity contribution in [3.05, 3.63) is 22.4 Å². The van der Waals surface area contributed by atoms with Crippen molar-refractivity contribution in [3.8, 4) is 0 Å². The van der Waals surface area contributed by atoms with E-state index in [0.29, 0.717) is 6.54 Å². The molecule has 0 spiro atoms. The first kappa shape index (κ1) is 9.94. The van der Waals surface area contributed by atoms with Crippen molar-refractivity contribution in [3.63, 3.8) is 0 Å². The lowest BCUT2D eigenvalue weighted by atomic mass is 10.5. The van der Waals surface area contributed by atoms with E-state index < -0.39 is 0 Å². The first-order valence-electron chi connectivity index (χ1n) is 3.55. The number of hydrogen-bond acceptors (Lipinski definition) is 3. The topological polar surface area (TPSA) is 67.1 Å². The number of nitrogens with one attached hydrogen (secondary N) is 2. The second kappa shape index (κ2) is 4.78. The Morgan fingerprint density at radius 2 is 2.46 bits per heavy atom. The molecule has 0 aliphatic rings. The Balaban J connectivity index is 2.27. The van der Waals surface area contributed by atoms with Crippen LogP contribution in [0.25, 0.3) is 0 Å². The third-order valence-electron chi connectivity index (χ3n) is 1.24. The van der Waals surface area contributed by atoms with E-state index >= 15 is 0 Å². The van der Waals surface area contributed by atoms with E-state index in [-0.39, 0.29) is 11.1 Å². The molecule has 0 aromatic carbocycles. The summed E-state index contributed by atoms with van der Waals surface area (Å²) in [6.45, 7) is 0.492. The first-order valence-corrected chi connectivity index (χ1v) is 4.84. The summed E-state index contributed by atoms with van der Waals surface area (Å²) in [5, 5.41) is 6.80. The minimum Gasteiger partial charge on any atom is -0.376 e. The highest BCUT2D eigenvalue weighted by Crippen LogP contribution is 2.06. The number of amides is 2. The number of hydrogen-bond donors (Lipinski definition) is 3. The van der Waals surface area contributed by atoms with Crippen molar-refractivity contribution in [2.75, 3.05) is 0 Å². The second-order valence-corrected chi connectivity index (χ2v) is 3.72. The fraction of sp³-hybridized carbons (Fsp3) is 0.143. The highest BCUT2D eigenvalue weighted by Gasteiger charge is 2.00. The van der Waals surface area contributed by atoms with Gasteiger partial charge in [-0.15, -0.1) is 11.3 Å². The van der Waals surface area contributed by atoms with Crippen LogP contribution >= 0.6 is 23.6 Å². The fourth-order valence-corrected chi connectivity index (χ4v) is 1.47. The summed E-state index contributed by atoms with van der Waals surface area (Å²) in [6.07, 6.45) is 0. The molecule has 0 fully saturated rings. The molecule has 0 atom stereocenters. The van der Waals surface area contributed by atoms with E-state index in [1.807, 2.05) is 17.5 Å². The molecule has 2 amide bonds. The summed E-state index contributed by atoms with van der Waals surface area (Å²) in [6, 6.07) is 3.49. The fourth-order valence-electron chi connectivity index (χ4n) is 0.737. The predicted octanol–water partition coefficient (Wildman–Crippen LogP) is 0.791. The molecule has 0 aliphatic carbocycles. The van der Waals surface area contributed by atoms with Crippen molar-refractivity contribution in [2.45, 2.75) is 6.54 Å². The van der Waals surface area contributed by atoms with Crippen molar-refractivity contribution in [2.24, 2.45) is 5.73 Å². The van der Waals surface area contributed by atoms with Crippen molar-refractivity contribution in [1.82, 2.24) is 10.6 Å². The minimum atomic E-state index is -0.374. The van der Waals surface area contributed by atoms with Crippen molar-refractivity contribution in [1.29, 1.82) is 0 Å². The van der Waals surface area contributed by atoms with Crippen LogP contribution in [-0.2, 0) is 6.54 Å². The number of nitrogens with two attached hydrogens (primary N) is 1. The highest BCUT2D eigenvalue weighted by molar-refractivity contribution is 7.80. The summed E-state index contributed by atoms with van der Waals surface area (Å²) in [5.41, 5.74) is 5.10. The van der Waals surface area contributed by atoms with E-state index in [1.165, 1.54) is 0 Å². The van der Waals surface area contributed by atoms with Gasteiger partial charge in [-0.05, 0) is 23.7 Å². The maximum absolute atomic E-state index is 11.0. The van der Waals surface area contributed by atoms with Gasteiger partial charge in [0.1, 0.15) is 0 Å². The lowest BCUT2D eigenvalue weighted by Gasteiger charge is -2.03. The third kappa shape index (κ3) is 3.86. The second-order valence-electron chi connectivity index (χ2n) is 2.25. The molecule has 0 aliphatic heterocycles. The van der Waals surface area contributed by atoms with Gasteiger partial charge in [0.15, 0.2) is 5.11 Å². The van der Waals surface area contributed by atoms with Crippen LogP contribution in [0.15, 0.2) is 17.5 Å². The SMILES string of the molecule is NC(=S)NC(=O)NCc1cccs1. The Morgan fingerprint density at radius 3 is 3.00 bits per heavy atom. The third-order valence-corrected chi connectivity index (χ3v) is 2.22. The van der Waals surface area contributed by atoms with E-state index in [9.17, 15) is 4.79 Å². The van der Waals surface area contributed by atoms with Crippen LogP contribution < -0.4 is 16.4 Å².